The topological polar surface area (TPSA) is 103 Å². The minimum Gasteiger partial charge on any atom is -0.319 e. The van der Waals surface area contributed by atoms with Crippen LogP contribution < -0.4 is 10.0 Å². The van der Waals surface area contributed by atoms with E-state index in [-0.39, 0.29) is 0 Å². The van der Waals surface area contributed by atoms with Crippen molar-refractivity contribution in [2.24, 2.45) is 5.92 Å². The van der Waals surface area contributed by atoms with Crippen LogP contribution in [0.2, 0.25) is 0 Å². The summed E-state index contributed by atoms with van der Waals surface area (Å²) in [5.41, 5.74) is 0. The van der Waals surface area contributed by atoms with E-state index < -0.39 is 10.2 Å². The van der Waals surface area contributed by atoms with Gasteiger partial charge in [0.25, 0.3) is 10.2 Å². The monoisotopic (exact) mass is 316 g/mol. The molecular formula is C12H24N6O2S. The molecule has 1 aliphatic rings. The summed E-state index contributed by atoms with van der Waals surface area (Å²) in [4.78, 5) is 4.01. The Bertz CT molecular complexity index is 496. The van der Waals surface area contributed by atoms with Crippen molar-refractivity contribution in [3.05, 3.63) is 12.2 Å². The fraction of sp³-hybridized carbons (Fsp3) is 0.833. The summed E-state index contributed by atoms with van der Waals surface area (Å²) >= 11 is 0. The van der Waals surface area contributed by atoms with Crippen molar-refractivity contribution in [2.75, 3.05) is 33.2 Å². The summed E-state index contributed by atoms with van der Waals surface area (Å²) in [5, 5.41) is 9.67. The number of nitrogens with zero attached hydrogens (tertiary/aromatic N) is 3. The van der Waals surface area contributed by atoms with Crippen molar-refractivity contribution < 1.29 is 8.42 Å². The van der Waals surface area contributed by atoms with E-state index in [0.717, 1.165) is 25.2 Å². The normalized spacial score (nSPS) is 18.1. The van der Waals surface area contributed by atoms with Crippen LogP contribution >= 0.6 is 0 Å². The van der Waals surface area contributed by atoms with Gasteiger partial charge in [-0.1, -0.05) is 0 Å². The van der Waals surface area contributed by atoms with Crippen LogP contribution in [0.25, 0.3) is 0 Å². The van der Waals surface area contributed by atoms with E-state index in [1.54, 1.807) is 4.31 Å². The Hall–Kier alpha value is -1.03. The van der Waals surface area contributed by atoms with Gasteiger partial charge in [0, 0.05) is 26.1 Å². The van der Waals surface area contributed by atoms with Gasteiger partial charge in [-0.2, -0.15) is 17.8 Å². The van der Waals surface area contributed by atoms with Gasteiger partial charge in [0.2, 0.25) is 0 Å². The van der Waals surface area contributed by atoms with Crippen LogP contribution in [0.3, 0.4) is 0 Å². The molecule has 1 saturated heterocycles. The Balaban J connectivity index is 1.69. The van der Waals surface area contributed by atoms with Crippen LogP contribution in [0.1, 0.15) is 25.1 Å². The summed E-state index contributed by atoms with van der Waals surface area (Å²) in [6.45, 7) is 2.57. The quantitative estimate of drug-likeness (QED) is 0.561. The summed E-state index contributed by atoms with van der Waals surface area (Å²) < 4.78 is 28.6. The average molecular weight is 316 g/mol. The van der Waals surface area contributed by atoms with Gasteiger partial charge in [-0.25, -0.2) is 9.71 Å². The lowest BCUT2D eigenvalue weighted by atomic mass is 9.98. The molecule has 1 fully saturated rings. The molecule has 8 nitrogen and oxygen atoms in total. The molecule has 0 amide bonds. The smallest absolute Gasteiger partial charge is 0.279 e. The van der Waals surface area contributed by atoms with Crippen LogP contribution in [0.15, 0.2) is 6.33 Å². The van der Waals surface area contributed by atoms with Gasteiger partial charge in [0.05, 0.1) is 0 Å². The summed E-state index contributed by atoms with van der Waals surface area (Å²) in [6, 6.07) is 0. The maximum atomic E-state index is 12.2. The molecule has 1 aromatic heterocycles. The maximum Gasteiger partial charge on any atom is 0.279 e. The molecule has 2 rings (SSSR count). The van der Waals surface area contributed by atoms with Gasteiger partial charge >= 0.3 is 0 Å². The third-order valence-electron chi connectivity index (χ3n) is 3.75. The zero-order chi connectivity index (χ0) is 15.1. The summed E-state index contributed by atoms with van der Waals surface area (Å²) in [6.07, 6.45) is 4.67. The SMILES string of the molecule is CNCC1CCN(S(=O)(=O)NCCCc2ncn[nH]2)CC1. The molecule has 0 aromatic carbocycles. The highest BCUT2D eigenvalue weighted by molar-refractivity contribution is 7.87. The largest absolute Gasteiger partial charge is 0.319 e. The molecule has 0 saturated carbocycles. The van der Waals surface area contributed by atoms with Crippen LogP contribution in [0.4, 0.5) is 0 Å². The third-order valence-corrected chi connectivity index (χ3v) is 5.36. The van der Waals surface area contributed by atoms with Crippen LogP contribution in [-0.2, 0) is 16.6 Å². The van der Waals surface area contributed by atoms with Gasteiger partial charge < -0.3 is 5.32 Å². The van der Waals surface area contributed by atoms with Crippen molar-refractivity contribution in [1.82, 2.24) is 29.5 Å². The highest BCUT2D eigenvalue weighted by Crippen LogP contribution is 2.18. The first kappa shape index (κ1) is 16.3. The van der Waals surface area contributed by atoms with Crippen molar-refractivity contribution in [1.29, 1.82) is 0 Å². The summed E-state index contributed by atoms with van der Waals surface area (Å²) in [7, 11) is -1.42. The van der Waals surface area contributed by atoms with Gasteiger partial charge in [0.15, 0.2) is 0 Å². The van der Waals surface area contributed by atoms with E-state index >= 15 is 0 Å². The minimum atomic E-state index is -3.35. The third kappa shape index (κ3) is 5.03. The van der Waals surface area contributed by atoms with E-state index in [2.05, 4.69) is 25.2 Å². The van der Waals surface area contributed by atoms with Gasteiger partial charge in [0.1, 0.15) is 12.2 Å². The molecule has 3 N–H and O–H groups in total. The number of aromatic amines is 1. The molecule has 1 aliphatic heterocycles. The highest BCUT2D eigenvalue weighted by Gasteiger charge is 2.27. The van der Waals surface area contributed by atoms with Crippen molar-refractivity contribution in [3.63, 3.8) is 0 Å². The van der Waals surface area contributed by atoms with E-state index in [0.29, 0.717) is 38.4 Å². The number of hydrogen-bond acceptors (Lipinski definition) is 5. The van der Waals surface area contributed by atoms with E-state index in [1.165, 1.54) is 6.33 Å². The molecule has 0 atom stereocenters. The lowest BCUT2D eigenvalue weighted by Crippen LogP contribution is -2.46. The maximum absolute atomic E-state index is 12.2. The molecule has 21 heavy (non-hydrogen) atoms. The Kier molecular flexibility index (Phi) is 6.09. The second kappa shape index (κ2) is 7.83. The lowest BCUT2D eigenvalue weighted by Gasteiger charge is -2.31. The fourth-order valence-electron chi connectivity index (χ4n) is 2.54. The predicted octanol–water partition coefficient (Wildman–Crippen LogP) is -0.497. The average Bonchev–Trinajstić information content (AvgIpc) is 2.98. The number of nitrogens with one attached hydrogen (secondary N) is 3. The first-order chi connectivity index (χ1) is 10.1. The molecule has 2 heterocycles. The molecule has 0 unspecified atom stereocenters. The van der Waals surface area contributed by atoms with E-state index in [1.807, 2.05) is 7.05 Å². The zero-order valence-corrected chi connectivity index (χ0v) is 13.2. The second-order valence-corrected chi connectivity index (χ2v) is 7.09. The first-order valence-corrected chi connectivity index (χ1v) is 8.79. The van der Waals surface area contributed by atoms with Crippen LogP contribution in [0.5, 0.6) is 0 Å². The molecule has 0 aliphatic carbocycles. The van der Waals surface area contributed by atoms with Gasteiger partial charge in [-0.05, 0) is 38.8 Å². The fourth-order valence-corrected chi connectivity index (χ4v) is 3.82. The Morgan fingerprint density at radius 3 is 2.81 bits per heavy atom. The van der Waals surface area contributed by atoms with Crippen LogP contribution in [0, 0.1) is 5.92 Å². The Morgan fingerprint density at radius 2 is 2.19 bits per heavy atom. The predicted molar refractivity (Wildman–Crippen MR) is 79.8 cm³/mol. The first-order valence-electron chi connectivity index (χ1n) is 7.35. The Morgan fingerprint density at radius 1 is 1.43 bits per heavy atom. The van der Waals surface area contributed by atoms with Crippen molar-refractivity contribution in [3.8, 4) is 0 Å². The number of aromatic nitrogens is 3. The van der Waals surface area contributed by atoms with E-state index in [9.17, 15) is 8.42 Å². The van der Waals surface area contributed by atoms with E-state index in [4.69, 9.17) is 0 Å². The number of hydrogen-bond donors (Lipinski definition) is 3. The molecule has 1 aromatic rings. The van der Waals surface area contributed by atoms with Gasteiger partial charge in [-0.15, -0.1) is 0 Å². The zero-order valence-electron chi connectivity index (χ0n) is 12.4. The van der Waals surface area contributed by atoms with Gasteiger partial charge in [-0.3, -0.25) is 5.10 Å². The Labute approximate surface area is 125 Å². The minimum absolute atomic E-state index is 0.416. The molecule has 0 spiro atoms. The molecule has 0 radical (unpaired) electrons. The van der Waals surface area contributed by atoms with Crippen molar-refractivity contribution in [2.45, 2.75) is 25.7 Å². The van der Waals surface area contributed by atoms with Crippen molar-refractivity contribution >= 4 is 10.2 Å². The molecule has 9 heteroatoms. The summed E-state index contributed by atoms with van der Waals surface area (Å²) in [5.74, 6) is 1.36. The second-order valence-electron chi connectivity index (χ2n) is 5.34. The lowest BCUT2D eigenvalue weighted by molar-refractivity contribution is 0.268. The number of piperidine rings is 1. The molecular weight excluding hydrogens is 292 g/mol. The standard InChI is InChI=1S/C12H24N6O2S/c1-13-9-11-4-7-18(8-5-11)21(19,20)16-6-2-3-12-14-10-15-17-12/h10-11,13,16H,2-9H2,1H3,(H,14,15,17). The molecule has 0 bridgehead atoms. The highest BCUT2D eigenvalue weighted by atomic mass is 32.2. The molecule has 120 valence electrons. The van der Waals surface area contributed by atoms with Crippen LogP contribution in [-0.4, -0.2) is 61.1 Å². The number of rotatable bonds is 8. The number of aryl methyl sites for hydroxylation is 1. The number of H-pyrrole nitrogens is 1.